The monoisotopic (exact) mass is 337 g/mol. The van der Waals surface area contributed by atoms with E-state index in [1.807, 2.05) is 0 Å². The van der Waals surface area contributed by atoms with E-state index < -0.39 is 0 Å². The van der Waals surface area contributed by atoms with Crippen molar-refractivity contribution < 1.29 is 9.84 Å². The first kappa shape index (κ1) is 16.8. The molecule has 4 rings (SSSR count). The van der Waals surface area contributed by atoms with Gasteiger partial charge in [-0.05, 0) is 0 Å². The summed E-state index contributed by atoms with van der Waals surface area (Å²) in [5.41, 5.74) is 0.425. The topological polar surface area (TPSA) is 107 Å². The van der Waals surface area contributed by atoms with E-state index >= 15 is 0 Å². The number of aromatic nitrogens is 7. The van der Waals surface area contributed by atoms with Crippen molar-refractivity contribution in [3.8, 4) is 17.4 Å². The van der Waals surface area contributed by atoms with Crippen molar-refractivity contribution in [1.29, 1.82) is 0 Å². The summed E-state index contributed by atoms with van der Waals surface area (Å²) < 4.78 is 8.11. The maximum Gasteiger partial charge on any atom is 0.242 e. The summed E-state index contributed by atoms with van der Waals surface area (Å²) >= 11 is 0. The number of morpholine rings is 1. The van der Waals surface area contributed by atoms with Crippen LogP contribution >= 0.6 is 0 Å². The zero-order valence-corrected chi connectivity index (χ0v) is 15.1. The molecule has 0 bridgehead atoms. The number of hydrogen-bond acceptors (Lipinski definition) is 8. The molecule has 1 N–H and O–H groups in total. The molecule has 1 aliphatic heterocycles. The van der Waals surface area contributed by atoms with E-state index in [-0.39, 0.29) is 35.4 Å². The third-order valence-electron chi connectivity index (χ3n) is 3.58. The van der Waals surface area contributed by atoms with Crippen LogP contribution in [-0.4, -0.2) is 95.7 Å². The number of ether oxygens (including phenoxy) is 1. The van der Waals surface area contributed by atoms with Crippen LogP contribution in [0.25, 0.3) is 11.5 Å². The molecule has 11 heteroatoms. The van der Waals surface area contributed by atoms with Gasteiger partial charge in [0.2, 0.25) is 5.88 Å². The van der Waals surface area contributed by atoms with Crippen molar-refractivity contribution in [2.75, 3.05) is 31.2 Å². The average molecular weight is 337 g/mol. The normalized spacial score (nSPS) is 14.4. The van der Waals surface area contributed by atoms with Crippen LogP contribution in [0.4, 0.5) is 5.82 Å². The van der Waals surface area contributed by atoms with Crippen LogP contribution in [0.5, 0.6) is 5.88 Å². The Morgan fingerprint density at radius 3 is 2.67 bits per heavy atom. The Kier molecular flexibility index (Phi) is 5.09. The largest absolute Gasteiger partial charge is 0.492 e. The second kappa shape index (κ2) is 7.26. The zero-order chi connectivity index (χ0) is 15.6. The maximum atomic E-state index is 10.4. The Bertz CT molecular complexity index is 800. The molecule has 4 heterocycles. The molecule has 0 aliphatic carbocycles. The van der Waals surface area contributed by atoms with Gasteiger partial charge in [0.15, 0.2) is 5.82 Å². The van der Waals surface area contributed by atoms with E-state index in [2.05, 4.69) is 30.3 Å². The van der Waals surface area contributed by atoms with Crippen LogP contribution in [0.1, 0.15) is 0 Å². The molecule has 0 aromatic carbocycles. The van der Waals surface area contributed by atoms with E-state index in [1.165, 1.54) is 28.1 Å². The van der Waals surface area contributed by atoms with Crippen molar-refractivity contribution in [2.24, 2.45) is 0 Å². The van der Waals surface area contributed by atoms with E-state index in [4.69, 9.17) is 4.74 Å². The van der Waals surface area contributed by atoms with E-state index in [0.29, 0.717) is 24.7 Å². The van der Waals surface area contributed by atoms with E-state index in [0.717, 1.165) is 18.9 Å². The molecule has 1 saturated heterocycles. The van der Waals surface area contributed by atoms with Gasteiger partial charge in [-0.3, -0.25) is 0 Å². The predicted molar refractivity (Wildman–Crippen MR) is 84.5 cm³/mol. The van der Waals surface area contributed by atoms with Crippen LogP contribution in [0.15, 0.2) is 31.0 Å². The van der Waals surface area contributed by atoms with Crippen molar-refractivity contribution >= 4 is 35.4 Å². The molecule has 1 fully saturated rings. The second-order valence-corrected chi connectivity index (χ2v) is 4.95. The quantitative estimate of drug-likeness (QED) is 0.632. The third kappa shape index (κ3) is 3.13. The summed E-state index contributed by atoms with van der Waals surface area (Å²) in [6, 6.07) is 1.78. The Hall–Kier alpha value is -2.01. The van der Waals surface area contributed by atoms with Gasteiger partial charge in [-0.25, -0.2) is 14.6 Å². The van der Waals surface area contributed by atoms with Crippen LogP contribution < -0.4 is 4.90 Å². The minimum atomic E-state index is -0.0675. The fraction of sp³-hybridized carbons (Fsp3) is 0.308. The molecule has 0 saturated carbocycles. The molecule has 24 heavy (non-hydrogen) atoms. The first-order valence-electron chi connectivity index (χ1n) is 7.12. The van der Waals surface area contributed by atoms with Crippen molar-refractivity contribution in [1.82, 2.24) is 34.7 Å². The van der Waals surface area contributed by atoms with Crippen LogP contribution in [-0.2, 0) is 4.74 Å². The zero-order valence-electron chi connectivity index (χ0n) is 13.1. The Morgan fingerprint density at radius 1 is 1.12 bits per heavy atom. The van der Waals surface area contributed by atoms with Gasteiger partial charge in [-0.1, -0.05) is 5.21 Å². The minimum absolute atomic E-state index is 0. The fourth-order valence-electron chi connectivity index (χ4n) is 2.42. The first-order chi connectivity index (χ1) is 11.3. The second-order valence-electron chi connectivity index (χ2n) is 4.95. The van der Waals surface area contributed by atoms with Gasteiger partial charge in [-0.15, -0.1) is 5.10 Å². The molecule has 0 amide bonds. The van der Waals surface area contributed by atoms with Gasteiger partial charge in [0, 0.05) is 48.7 Å². The summed E-state index contributed by atoms with van der Waals surface area (Å²) in [5.74, 6) is 1.18. The predicted octanol–water partition coefficient (Wildman–Crippen LogP) is -0.596. The minimum Gasteiger partial charge on any atom is -0.492 e. The standard InChI is InChI=1S/C13H14N8O2.Na/c22-13-10(20-2-1-16-18-20)8-17-21(13)12-7-11(14-9-15-12)19-3-5-23-6-4-19;/h1-2,7-9,22H,3-6H2;. The van der Waals surface area contributed by atoms with Crippen LogP contribution in [0.2, 0.25) is 0 Å². The maximum absolute atomic E-state index is 10.4. The van der Waals surface area contributed by atoms with Gasteiger partial charge >= 0.3 is 0 Å². The molecule has 1 radical (unpaired) electrons. The van der Waals surface area contributed by atoms with Crippen LogP contribution in [0, 0.1) is 0 Å². The van der Waals surface area contributed by atoms with Crippen molar-refractivity contribution in [3.63, 3.8) is 0 Å². The third-order valence-corrected chi connectivity index (χ3v) is 3.58. The van der Waals surface area contributed by atoms with Gasteiger partial charge in [0.05, 0.1) is 31.8 Å². The molecule has 0 atom stereocenters. The van der Waals surface area contributed by atoms with Crippen molar-refractivity contribution in [3.05, 3.63) is 31.0 Å². The van der Waals surface area contributed by atoms with Gasteiger partial charge in [0.1, 0.15) is 17.8 Å². The van der Waals surface area contributed by atoms with Crippen LogP contribution in [0.3, 0.4) is 0 Å². The van der Waals surface area contributed by atoms with Gasteiger partial charge in [0.25, 0.3) is 0 Å². The summed E-state index contributed by atoms with van der Waals surface area (Å²) in [5, 5.41) is 22.1. The molecule has 119 valence electrons. The van der Waals surface area contributed by atoms with Gasteiger partial charge < -0.3 is 14.7 Å². The Morgan fingerprint density at radius 2 is 1.92 bits per heavy atom. The summed E-state index contributed by atoms with van der Waals surface area (Å²) in [4.78, 5) is 10.6. The molecular formula is C13H14N8NaO2. The summed E-state index contributed by atoms with van der Waals surface area (Å²) in [6.45, 7) is 2.88. The SMILES string of the molecule is Oc1c(-n2ccnn2)cnn1-c1cc(N2CCOCC2)ncn1.[Na]. The molecule has 3 aromatic rings. The molecular weight excluding hydrogens is 323 g/mol. The number of rotatable bonds is 3. The number of hydrogen-bond donors (Lipinski definition) is 1. The molecule has 10 nitrogen and oxygen atoms in total. The first-order valence-corrected chi connectivity index (χ1v) is 7.12. The smallest absolute Gasteiger partial charge is 0.242 e. The fourth-order valence-corrected chi connectivity index (χ4v) is 2.42. The number of nitrogens with zero attached hydrogens (tertiary/aromatic N) is 8. The van der Waals surface area contributed by atoms with Crippen molar-refractivity contribution in [2.45, 2.75) is 0 Å². The summed E-state index contributed by atoms with van der Waals surface area (Å²) in [7, 11) is 0. The van der Waals surface area contributed by atoms with E-state index in [1.54, 1.807) is 12.3 Å². The number of aromatic hydroxyl groups is 1. The Labute approximate surface area is 159 Å². The molecule has 3 aromatic heterocycles. The summed E-state index contributed by atoms with van der Waals surface area (Å²) in [6.07, 6.45) is 6.11. The van der Waals surface area contributed by atoms with Gasteiger partial charge in [-0.2, -0.15) is 9.78 Å². The molecule has 0 unspecified atom stereocenters. The molecule has 0 spiro atoms. The molecule has 1 aliphatic rings. The average Bonchev–Trinajstić information content (AvgIpc) is 3.25. The Balaban J connectivity index is 0.00000169. The van der Waals surface area contributed by atoms with E-state index in [9.17, 15) is 5.11 Å². The number of anilines is 1.